The van der Waals surface area contributed by atoms with Crippen LogP contribution in [0.5, 0.6) is 0 Å². The molecule has 322 valence electrons. The molecule has 4 heterocycles. The van der Waals surface area contributed by atoms with Crippen LogP contribution in [0.25, 0.3) is 11.2 Å². The summed E-state index contributed by atoms with van der Waals surface area (Å²) >= 11 is 0.954. The Kier molecular flexibility index (Phi) is 16.5. The Hall–Kier alpha value is -3.42. The van der Waals surface area contributed by atoms with Gasteiger partial charge in [0.25, 0.3) is 15.6 Å². The van der Waals surface area contributed by atoms with Crippen molar-refractivity contribution < 1.29 is 85.2 Å². The maximum absolute atomic E-state index is 12.6. The summed E-state index contributed by atoms with van der Waals surface area (Å²) in [6, 6.07) is 0. The predicted molar refractivity (Wildman–Crippen MR) is 190 cm³/mol. The van der Waals surface area contributed by atoms with Crippen LogP contribution in [-0.4, -0.2) is 103 Å². The number of imidazole rings is 1. The molecule has 0 saturated carbocycles. The average molecular weight is 898 g/mol. The van der Waals surface area contributed by atoms with E-state index in [0.29, 0.717) is 12.2 Å². The number of hydrogen-bond donors (Lipinski definition) is 5. The number of aliphatic hydroxyl groups is 2. The third-order valence-electron chi connectivity index (χ3n) is 7.86. The lowest BCUT2D eigenvalue weighted by atomic mass is 9.87. The number of nitrogens with one attached hydrogen (secondary N) is 2. The number of aromatic nitrogens is 4. The van der Waals surface area contributed by atoms with E-state index in [1.807, 2.05) is 6.08 Å². The van der Waals surface area contributed by atoms with Crippen LogP contribution in [0.1, 0.15) is 32.9 Å². The van der Waals surface area contributed by atoms with E-state index in [-0.39, 0.29) is 47.4 Å². The molecular formula is C29H38N7O18P3S-4. The second-order valence-electron chi connectivity index (χ2n) is 12.8. The Labute approximate surface area is 333 Å². The first-order chi connectivity index (χ1) is 27.1. The number of carbonyl (C=O) groups is 3. The van der Waals surface area contributed by atoms with Gasteiger partial charge in [0.15, 0.2) is 17.7 Å². The van der Waals surface area contributed by atoms with E-state index in [9.17, 15) is 57.9 Å². The summed E-state index contributed by atoms with van der Waals surface area (Å²) in [5, 5.41) is 25.9. The lowest BCUT2D eigenvalue weighted by Crippen LogP contribution is -2.46. The average Bonchev–Trinajstić information content (AvgIpc) is 3.57. The number of hydrogen-bond acceptors (Lipinski definition) is 23. The van der Waals surface area contributed by atoms with E-state index in [2.05, 4.69) is 43.5 Å². The van der Waals surface area contributed by atoms with Gasteiger partial charge in [-0.15, -0.1) is 0 Å². The molecule has 2 aliphatic heterocycles. The third kappa shape index (κ3) is 14.1. The molecule has 7 unspecified atom stereocenters. The minimum Gasteiger partial charge on any atom is -0.790 e. The molecule has 1 fully saturated rings. The number of nitrogen functional groups attached to an aromatic ring is 1. The maximum atomic E-state index is 12.6. The molecule has 2 aliphatic rings. The minimum absolute atomic E-state index is 0.0248. The molecule has 0 radical (unpaired) electrons. The third-order valence-corrected chi connectivity index (χ3v) is 11.7. The molecule has 6 N–H and O–H groups in total. The highest BCUT2D eigenvalue weighted by Gasteiger charge is 2.47. The van der Waals surface area contributed by atoms with Crippen molar-refractivity contribution >= 4 is 69.1 Å². The SMILES string of the molecule is CC(C)(COP(=O)([O-])OP(=O)([O-])OCC1OC(n2cnc3c(N)ncnc32)C(O)C1OP(=O)([O-])[O-])C(O)C(=O)NCCC(=O)NCCSC(=O)/C=C1\CC=CC=CO1. The van der Waals surface area contributed by atoms with Crippen LogP contribution >= 0.6 is 35.2 Å². The smallest absolute Gasteiger partial charge is 0.274 e. The molecule has 7 atom stereocenters. The number of ether oxygens (including phenoxy) is 2. The summed E-state index contributed by atoms with van der Waals surface area (Å²) in [5.41, 5.74) is 4.05. The van der Waals surface area contributed by atoms with Gasteiger partial charge in [0.05, 0.1) is 33.6 Å². The van der Waals surface area contributed by atoms with Crippen LogP contribution < -0.4 is 35.9 Å². The monoisotopic (exact) mass is 897 g/mol. The molecule has 4 rings (SSSR count). The van der Waals surface area contributed by atoms with Crippen LogP contribution in [0.3, 0.4) is 0 Å². The van der Waals surface area contributed by atoms with Gasteiger partial charge in [0.1, 0.15) is 42.0 Å². The lowest BCUT2D eigenvalue weighted by molar-refractivity contribution is -0.347. The van der Waals surface area contributed by atoms with Crippen LogP contribution in [0.15, 0.2) is 49.0 Å². The number of thioether (sulfide) groups is 1. The van der Waals surface area contributed by atoms with Crippen molar-refractivity contribution in [2.75, 3.05) is 37.8 Å². The fourth-order valence-electron chi connectivity index (χ4n) is 5.01. The summed E-state index contributed by atoms with van der Waals surface area (Å²) in [5.74, 6) is -0.878. The molecule has 0 aliphatic carbocycles. The molecular weight excluding hydrogens is 859 g/mol. The van der Waals surface area contributed by atoms with Gasteiger partial charge in [0.2, 0.25) is 16.9 Å². The fourth-order valence-corrected chi connectivity index (χ4v) is 8.36. The number of fused-ring (bicyclic) bond motifs is 1. The van der Waals surface area contributed by atoms with E-state index >= 15 is 0 Å². The molecule has 0 bridgehead atoms. The molecule has 29 heteroatoms. The predicted octanol–water partition coefficient (Wildman–Crippen LogP) is -2.49. The Morgan fingerprint density at radius 3 is 2.55 bits per heavy atom. The zero-order chi connectivity index (χ0) is 42.9. The number of anilines is 1. The van der Waals surface area contributed by atoms with Crippen molar-refractivity contribution in [3.8, 4) is 0 Å². The highest BCUT2D eigenvalue weighted by atomic mass is 32.2. The largest absolute Gasteiger partial charge is 0.790 e. The topological polar surface area (TPSA) is 384 Å². The number of allylic oxidation sites excluding steroid dienone is 3. The van der Waals surface area contributed by atoms with Gasteiger partial charge in [-0.2, -0.15) is 0 Å². The fraction of sp³-hybridized carbons (Fsp3) is 0.517. The lowest BCUT2D eigenvalue weighted by Gasteiger charge is -2.36. The highest BCUT2D eigenvalue weighted by Crippen LogP contribution is 2.56. The van der Waals surface area contributed by atoms with Gasteiger partial charge in [-0.3, -0.25) is 28.1 Å². The van der Waals surface area contributed by atoms with Gasteiger partial charge in [-0.25, -0.2) is 19.3 Å². The number of nitrogens with two attached hydrogens (primary N) is 1. The van der Waals surface area contributed by atoms with Crippen molar-refractivity contribution in [2.24, 2.45) is 5.41 Å². The first-order valence-corrected chi connectivity index (χ1v) is 22.1. The summed E-state index contributed by atoms with van der Waals surface area (Å²) in [6.07, 6.45) is 0.866. The van der Waals surface area contributed by atoms with E-state index in [1.54, 1.807) is 12.2 Å². The minimum atomic E-state index is -5.92. The van der Waals surface area contributed by atoms with Gasteiger partial charge >= 0.3 is 0 Å². The Morgan fingerprint density at radius 1 is 1.10 bits per heavy atom. The first-order valence-electron chi connectivity index (χ1n) is 16.7. The van der Waals surface area contributed by atoms with Gasteiger partial charge < -0.3 is 73.8 Å². The van der Waals surface area contributed by atoms with Crippen molar-refractivity contribution in [1.29, 1.82) is 0 Å². The molecule has 0 aromatic carbocycles. The molecule has 2 aromatic heterocycles. The van der Waals surface area contributed by atoms with E-state index in [1.165, 1.54) is 26.2 Å². The Balaban J connectivity index is 1.21. The van der Waals surface area contributed by atoms with Gasteiger partial charge in [-0.1, -0.05) is 37.8 Å². The molecule has 25 nitrogen and oxygen atoms in total. The Bertz CT molecular complexity index is 2030. The van der Waals surface area contributed by atoms with Crippen LogP contribution in [0, 0.1) is 5.41 Å². The number of amides is 2. The zero-order valence-corrected chi connectivity index (χ0v) is 33.9. The molecule has 1 saturated heterocycles. The van der Waals surface area contributed by atoms with E-state index < -0.39 is 84.6 Å². The van der Waals surface area contributed by atoms with Crippen LogP contribution in [0.4, 0.5) is 5.82 Å². The van der Waals surface area contributed by atoms with E-state index in [0.717, 1.165) is 29.0 Å². The summed E-state index contributed by atoms with van der Waals surface area (Å²) in [4.78, 5) is 96.2. The van der Waals surface area contributed by atoms with Crippen LogP contribution in [-0.2, 0) is 55.4 Å². The normalized spacial score (nSPS) is 23.1. The number of rotatable bonds is 20. The number of nitrogens with zero attached hydrogens (tertiary/aromatic N) is 4. The second-order valence-corrected chi connectivity index (χ2v) is 18.0. The maximum Gasteiger partial charge on any atom is 0.274 e. The second kappa shape index (κ2) is 20.2. The summed E-state index contributed by atoms with van der Waals surface area (Å²) in [6.45, 7) is -0.0142. The number of aliphatic hydroxyl groups excluding tert-OH is 2. The molecule has 2 amide bonds. The number of phosphoric ester groups is 3. The van der Waals surface area contributed by atoms with Gasteiger partial charge in [0, 0.05) is 43.2 Å². The van der Waals surface area contributed by atoms with Crippen molar-refractivity contribution in [3.05, 3.63) is 49.0 Å². The zero-order valence-electron chi connectivity index (χ0n) is 30.4. The number of phosphoric acid groups is 3. The molecule has 0 spiro atoms. The summed E-state index contributed by atoms with van der Waals surface area (Å²) in [7, 11) is -17.6. The highest BCUT2D eigenvalue weighted by molar-refractivity contribution is 8.14. The van der Waals surface area contributed by atoms with E-state index in [4.69, 9.17) is 15.2 Å². The Morgan fingerprint density at radius 2 is 1.83 bits per heavy atom. The summed E-state index contributed by atoms with van der Waals surface area (Å²) < 4.78 is 65.8. The van der Waals surface area contributed by atoms with Crippen molar-refractivity contribution in [3.63, 3.8) is 0 Å². The van der Waals surface area contributed by atoms with Gasteiger partial charge in [-0.05, 0) is 6.08 Å². The van der Waals surface area contributed by atoms with Crippen molar-refractivity contribution in [2.45, 2.75) is 57.3 Å². The number of carbonyl (C=O) groups excluding carboxylic acids is 3. The molecule has 2 aromatic rings. The quantitative estimate of drug-likeness (QED) is 0.0521. The first kappa shape index (κ1) is 47.3. The van der Waals surface area contributed by atoms with Crippen LogP contribution in [0.2, 0.25) is 0 Å². The standard InChI is InChI=1S/C29H42N7O18P3S/c1-29(2,24(40)27(41)32-8-7-19(37)31-9-11-58-20(38)12-17-6-4-3-5-10-49-17)14-51-57(47,48)54-56(45,46)50-13-18-23(53-55(42,43)44)22(39)28(52-18)36-16-35-21-25(30)33-15-34-26(21)36/h3-5,10,12,15-16,18,22-24,28,39-40H,6-9,11,13-14H2,1-2H3,(H,31,37)(H,32,41)(H,45,46)(H,47,48)(H2,30,33,34)(H2,42,43,44)/p-4/b17-12+. The van der Waals surface area contributed by atoms with Crippen molar-refractivity contribution in [1.82, 2.24) is 30.2 Å². The molecule has 58 heavy (non-hydrogen) atoms.